The van der Waals surface area contributed by atoms with Gasteiger partial charge in [-0.1, -0.05) is 5.16 Å². The van der Waals surface area contributed by atoms with Crippen LogP contribution in [0.5, 0.6) is 0 Å². The van der Waals surface area contributed by atoms with E-state index in [1.807, 2.05) is 18.9 Å². The molecule has 0 amide bonds. The number of aromatic nitrogens is 2. The number of carbonyl (C=O) groups is 1. The van der Waals surface area contributed by atoms with E-state index in [0.29, 0.717) is 17.3 Å². The third kappa shape index (κ3) is 4.51. The van der Waals surface area contributed by atoms with E-state index < -0.39 is 5.97 Å². The van der Waals surface area contributed by atoms with Gasteiger partial charge < -0.3 is 9.63 Å². The Balaban J connectivity index is 1.62. The Bertz CT molecular complexity index is 802. The minimum Gasteiger partial charge on any atom is -0.480 e. The van der Waals surface area contributed by atoms with Gasteiger partial charge in [-0.25, -0.2) is 4.39 Å². The van der Waals surface area contributed by atoms with Gasteiger partial charge in [0.1, 0.15) is 5.82 Å². The number of hydrogen-bond donors (Lipinski definition) is 1. The molecule has 3 rings (SSSR count). The number of nitrogens with zero attached hydrogens (tertiary/aromatic N) is 4. The third-order valence-corrected chi connectivity index (χ3v) is 5.27. The molecule has 1 aliphatic heterocycles. The van der Waals surface area contributed by atoms with Crippen molar-refractivity contribution >= 4 is 5.97 Å². The van der Waals surface area contributed by atoms with E-state index in [4.69, 9.17) is 9.63 Å². The number of benzene rings is 1. The summed E-state index contributed by atoms with van der Waals surface area (Å²) in [6, 6.07) is 5.00. The molecule has 1 saturated heterocycles. The molecule has 0 bridgehead atoms. The Hall–Kier alpha value is -2.32. The van der Waals surface area contributed by atoms with Crippen LogP contribution in [0.4, 0.5) is 4.39 Å². The van der Waals surface area contributed by atoms with E-state index in [9.17, 15) is 9.18 Å². The number of carboxylic acid groups (broad SMARTS) is 1. The average molecular weight is 376 g/mol. The van der Waals surface area contributed by atoms with E-state index in [0.717, 1.165) is 31.5 Å². The molecule has 1 N–H and O–H groups in total. The summed E-state index contributed by atoms with van der Waals surface area (Å²) in [5, 5.41) is 13.0. The molecule has 0 radical (unpaired) electrons. The summed E-state index contributed by atoms with van der Waals surface area (Å²) in [7, 11) is 1.85. The van der Waals surface area contributed by atoms with Crippen molar-refractivity contribution in [2.75, 3.05) is 26.7 Å². The summed E-state index contributed by atoms with van der Waals surface area (Å²) in [4.78, 5) is 19.5. The average Bonchev–Trinajstić information content (AvgIpc) is 3.13. The van der Waals surface area contributed by atoms with Gasteiger partial charge in [-0.2, -0.15) is 4.98 Å². The number of aliphatic carboxylic acids is 1. The summed E-state index contributed by atoms with van der Waals surface area (Å²) < 4.78 is 18.9. The minimum atomic E-state index is -0.803. The zero-order chi connectivity index (χ0) is 19.6. The van der Waals surface area contributed by atoms with Crippen molar-refractivity contribution in [2.45, 2.75) is 38.8 Å². The molecule has 146 valence electrons. The third-order valence-electron chi connectivity index (χ3n) is 5.27. The van der Waals surface area contributed by atoms with Gasteiger partial charge in [-0.15, -0.1) is 0 Å². The number of aryl methyl sites for hydroxylation is 1. The van der Waals surface area contributed by atoms with Crippen molar-refractivity contribution in [1.29, 1.82) is 0 Å². The summed E-state index contributed by atoms with van der Waals surface area (Å²) in [6.07, 6.45) is 1.79. The van der Waals surface area contributed by atoms with E-state index in [1.165, 1.54) is 6.07 Å². The fraction of sp³-hybridized carbons (Fsp3) is 0.526. The van der Waals surface area contributed by atoms with E-state index in [1.54, 1.807) is 19.1 Å². The van der Waals surface area contributed by atoms with Crippen LogP contribution < -0.4 is 0 Å². The fourth-order valence-corrected chi connectivity index (χ4v) is 3.52. The molecule has 7 nitrogen and oxygen atoms in total. The van der Waals surface area contributed by atoms with Crippen LogP contribution in [0.15, 0.2) is 22.7 Å². The second-order valence-electron chi connectivity index (χ2n) is 7.17. The van der Waals surface area contributed by atoms with Gasteiger partial charge >= 0.3 is 5.97 Å². The Morgan fingerprint density at radius 2 is 2.15 bits per heavy atom. The molecule has 1 fully saturated rings. The lowest BCUT2D eigenvalue weighted by Crippen LogP contribution is -2.45. The lowest BCUT2D eigenvalue weighted by Gasteiger charge is -2.37. The zero-order valence-corrected chi connectivity index (χ0v) is 15.9. The highest BCUT2D eigenvalue weighted by Crippen LogP contribution is 2.27. The molecule has 1 aliphatic rings. The standard InChI is InChI=1S/C19H25FN4O3/c1-12-10-14(4-5-16(12)20)18-21-19(27-22-18)13(2)24-8-6-15(7-9-24)23(3)11-17(25)26/h4-5,10,13,15H,6-9,11H2,1-3H3,(H,25,26). The van der Waals surface area contributed by atoms with Crippen LogP contribution >= 0.6 is 0 Å². The van der Waals surface area contributed by atoms with Gasteiger partial charge in [0.2, 0.25) is 11.7 Å². The first-order valence-electron chi connectivity index (χ1n) is 9.11. The Kier molecular flexibility index (Phi) is 5.86. The predicted octanol–water partition coefficient (Wildman–Crippen LogP) is 2.73. The number of rotatable bonds is 6. The second-order valence-corrected chi connectivity index (χ2v) is 7.17. The topological polar surface area (TPSA) is 82.7 Å². The SMILES string of the molecule is Cc1cc(-c2noc(C(C)N3CCC(N(C)CC(=O)O)CC3)n2)ccc1F. The monoisotopic (exact) mass is 376 g/mol. The Labute approximate surface area is 157 Å². The van der Waals surface area contributed by atoms with Gasteiger partial charge in [0.15, 0.2) is 0 Å². The zero-order valence-electron chi connectivity index (χ0n) is 15.9. The highest BCUT2D eigenvalue weighted by molar-refractivity contribution is 5.69. The quantitative estimate of drug-likeness (QED) is 0.830. The van der Waals surface area contributed by atoms with Crippen LogP contribution in [0, 0.1) is 12.7 Å². The molecular formula is C19H25FN4O3. The minimum absolute atomic E-state index is 0.0291. The maximum Gasteiger partial charge on any atom is 0.317 e. The van der Waals surface area contributed by atoms with Crippen LogP contribution in [-0.4, -0.2) is 63.7 Å². The van der Waals surface area contributed by atoms with Gasteiger partial charge in [-0.3, -0.25) is 14.6 Å². The summed E-state index contributed by atoms with van der Waals surface area (Å²) in [6.45, 7) is 5.46. The normalized spacial score (nSPS) is 17.4. The van der Waals surface area contributed by atoms with Crippen molar-refractivity contribution < 1.29 is 18.8 Å². The van der Waals surface area contributed by atoms with Crippen LogP contribution in [0.3, 0.4) is 0 Å². The van der Waals surface area contributed by atoms with Crippen molar-refractivity contribution in [3.8, 4) is 11.4 Å². The number of likely N-dealkylation sites (tertiary alicyclic amines) is 1. The highest BCUT2D eigenvalue weighted by atomic mass is 19.1. The highest BCUT2D eigenvalue weighted by Gasteiger charge is 2.29. The summed E-state index contributed by atoms with van der Waals surface area (Å²) in [5.74, 6) is -0.0744. The first kappa shape index (κ1) is 19.4. The molecule has 0 saturated carbocycles. The van der Waals surface area contributed by atoms with Crippen molar-refractivity contribution in [3.63, 3.8) is 0 Å². The van der Waals surface area contributed by atoms with Crippen LogP contribution in [-0.2, 0) is 4.79 Å². The lowest BCUT2D eigenvalue weighted by atomic mass is 10.0. The number of piperidine rings is 1. The maximum absolute atomic E-state index is 13.4. The Morgan fingerprint density at radius 3 is 2.78 bits per heavy atom. The van der Waals surface area contributed by atoms with Crippen LogP contribution in [0.25, 0.3) is 11.4 Å². The summed E-state index contributed by atoms with van der Waals surface area (Å²) in [5.41, 5.74) is 1.27. The van der Waals surface area contributed by atoms with E-state index >= 15 is 0 Å². The molecule has 2 heterocycles. The fourth-order valence-electron chi connectivity index (χ4n) is 3.52. The molecule has 8 heteroatoms. The molecule has 27 heavy (non-hydrogen) atoms. The maximum atomic E-state index is 13.4. The molecular weight excluding hydrogens is 351 g/mol. The Morgan fingerprint density at radius 1 is 1.44 bits per heavy atom. The largest absolute Gasteiger partial charge is 0.480 e. The van der Waals surface area contributed by atoms with Gasteiger partial charge in [0, 0.05) is 24.7 Å². The smallest absolute Gasteiger partial charge is 0.317 e. The van der Waals surface area contributed by atoms with Crippen molar-refractivity contribution in [2.24, 2.45) is 0 Å². The predicted molar refractivity (Wildman–Crippen MR) is 97.7 cm³/mol. The molecule has 1 atom stereocenters. The number of carboxylic acids is 1. The molecule has 1 unspecified atom stereocenters. The first-order chi connectivity index (χ1) is 12.8. The van der Waals surface area contributed by atoms with E-state index in [2.05, 4.69) is 15.0 Å². The molecule has 0 spiro atoms. The summed E-state index contributed by atoms with van der Waals surface area (Å²) >= 11 is 0. The lowest BCUT2D eigenvalue weighted by molar-refractivity contribution is -0.138. The van der Waals surface area contributed by atoms with Crippen molar-refractivity contribution in [3.05, 3.63) is 35.5 Å². The second kappa shape index (κ2) is 8.14. The molecule has 1 aromatic heterocycles. The number of hydrogen-bond acceptors (Lipinski definition) is 6. The van der Waals surface area contributed by atoms with Gasteiger partial charge in [0.05, 0.1) is 12.6 Å². The molecule has 0 aliphatic carbocycles. The number of halogens is 1. The molecule has 1 aromatic carbocycles. The van der Waals surface area contributed by atoms with Crippen molar-refractivity contribution in [1.82, 2.24) is 19.9 Å². The van der Waals surface area contributed by atoms with Crippen LogP contribution in [0.1, 0.15) is 37.3 Å². The molecule has 2 aromatic rings. The van der Waals surface area contributed by atoms with Gasteiger partial charge in [0.25, 0.3) is 0 Å². The van der Waals surface area contributed by atoms with E-state index in [-0.39, 0.29) is 24.4 Å². The first-order valence-corrected chi connectivity index (χ1v) is 9.11. The number of likely N-dealkylation sites (N-methyl/N-ethyl adjacent to an activating group) is 1. The van der Waals surface area contributed by atoms with Gasteiger partial charge in [-0.05, 0) is 57.5 Å². The van der Waals surface area contributed by atoms with Crippen LogP contribution in [0.2, 0.25) is 0 Å².